The Bertz CT molecular complexity index is 817. The van der Waals surface area contributed by atoms with Gasteiger partial charge >= 0.3 is 0 Å². The van der Waals surface area contributed by atoms with Crippen molar-refractivity contribution in [2.24, 2.45) is 0 Å². The smallest absolute Gasteiger partial charge is 0.243 e. The van der Waals surface area contributed by atoms with Crippen molar-refractivity contribution in [3.8, 4) is 0 Å². The summed E-state index contributed by atoms with van der Waals surface area (Å²) in [6, 6.07) is 6.53. The molecule has 1 aliphatic heterocycles. The fourth-order valence-corrected chi connectivity index (χ4v) is 5.25. The van der Waals surface area contributed by atoms with Crippen LogP contribution in [-0.4, -0.2) is 36.2 Å². The molecule has 1 fully saturated rings. The van der Waals surface area contributed by atoms with E-state index < -0.39 is 10.0 Å². The zero-order valence-electron chi connectivity index (χ0n) is 14.0. The number of anilines is 1. The molecule has 25 heavy (non-hydrogen) atoms. The Morgan fingerprint density at radius 2 is 2.08 bits per heavy atom. The van der Waals surface area contributed by atoms with E-state index in [1.807, 2.05) is 6.92 Å². The highest BCUT2D eigenvalue weighted by atomic mass is 32.2. The largest absolute Gasteiger partial charge is 0.302 e. The molecule has 2 heterocycles. The third-order valence-electron chi connectivity index (χ3n) is 4.30. The number of hydrogen-bond donors (Lipinski definition) is 1. The Labute approximate surface area is 151 Å². The molecule has 2 aromatic rings. The summed E-state index contributed by atoms with van der Waals surface area (Å²) in [5, 5.41) is 5.05. The van der Waals surface area contributed by atoms with Crippen molar-refractivity contribution in [1.82, 2.24) is 9.29 Å². The zero-order valence-corrected chi connectivity index (χ0v) is 15.6. The first kappa shape index (κ1) is 18.0. The topological polar surface area (TPSA) is 79.4 Å². The Hall–Kier alpha value is -1.77. The summed E-state index contributed by atoms with van der Waals surface area (Å²) in [6.45, 7) is 2.37. The molecule has 1 saturated heterocycles. The fraction of sp³-hybridized carbons (Fsp3) is 0.412. The summed E-state index contributed by atoms with van der Waals surface area (Å²) in [5.74, 6) is -0.203. The summed E-state index contributed by atoms with van der Waals surface area (Å²) in [4.78, 5) is 16.6. The van der Waals surface area contributed by atoms with Crippen LogP contribution in [0.4, 0.5) is 5.13 Å². The molecular weight excluding hydrogens is 358 g/mol. The fourth-order valence-electron chi connectivity index (χ4n) is 3.01. The molecule has 1 amide bonds. The minimum Gasteiger partial charge on any atom is -0.302 e. The highest BCUT2D eigenvalue weighted by Crippen LogP contribution is 2.27. The number of sulfonamides is 1. The van der Waals surface area contributed by atoms with Crippen molar-refractivity contribution in [2.75, 3.05) is 11.9 Å². The first-order chi connectivity index (χ1) is 12.0. The maximum atomic E-state index is 13.0. The van der Waals surface area contributed by atoms with Gasteiger partial charge in [-0.3, -0.25) is 4.79 Å². The van der Waals surface area contributed by atoms with E-state index in [1.165, 1.54) is 15.6 Å². The molecule has 3 rings (SSSR count). The van der Waals surface area contributed by atoms with Crippen molar-refractivity contribution in [2.45, 2.75) is 43.5 Å². The standard InChI is InChI=1S/C17H21N3O3S2/c1-13-5-7-15(8-6-13)25(22,23)20-10-3-2-4-14(20)12-16(21)19-17-18-9-11-24-17/h5-9,11,14H,2-4,10,12H2,1H3,(H,18,19,21)/t14-/m0/s1. The molecule has 1 atom stereocenters. The molecule has 0 spiro atoms. The second kappa shape index (κ2) is 7.63. The van der Waals surface area contributed by atoms with Crippen LogP contribution in [0.1, 0.15) is 31.2 Å². The Balaban J connectivity index is 1.76. The van der Waals surface area contributed by atoms with Crippen molar-refractivity contribution in [1.29, 1.82) is 0 Å². The summed E-state index contributed by atoms with van der Waals surface area (Å²) in [7, 11) is -3.60. The number of amides is 1. The van der Waals surface area contributed by atoms with Crippen molar-refractivity contribution >= 4 is 32.4 Å². The van der Waals surface area contributed by atoms with Gasteiger partial charge in [0.25, 0.3) is 0 Å². The lowest BCUT2D eigenvalue weighted by Gasteiger charge is -2.34. The van der Waals surface area contributed by atoms with E-state index in [4.69, 9.17) is 0 Å². The molecule has 1 aromatic carbocycles. The van der Waals surface area contributed by atoms with E-state index in [1.54, 1.807) is 35.8 Å². The van der Waals surface area contributed by atoms with Crippen molar-refractivity contribution in [3.63, 3.8) is 0 Å². The number of nitrogens with one attached hydrogen (secondary N) is 1. The van der Waals surface area contributed by atoms with Crippen LogP contribution in [0.3, 0.4) is 0 Å². The van der Waals surface area contributed by atoms with Gasteiger partial charge in [-0.1, -0.05) is 24.1 Å². The molecule has 0 radical (unpaired) electrons. The van der Waals surface area contributed by atoms with Crippen LogP contribution >= 0.6 is 11.3 Å². The van der Waals surface area contributed by atoms with Crippen LogP contribution < -0.4 is 5.32 Å². The molecule has 1 N–H and O–H groups in total. The van der Waals surface area contributed by atoms with Crippen LogP contribution in [0.15, 0.2) is 40.7 Å². The zero-order chi connectivity index (χ0) is 17.9. The summed E-state index contributed by atoms with van der Waals surface area (Å²) >= 11 is 1.34. The number of aryl methyl sites for hydroxylation is 1. The van der Waals surface area contributed by atoms with E-state index in [0.29, 0.717) is 18.1 Å². The monoisotopic (exact) mass is 379 g/mol. The van der Waals surface area contributed by atoms with Gasteiger partial charge in [0.15, 0.2) is 5.13 Å². The first-order valence-corrected chi connectivity index (χ1v) is 10.6. The van der Waals surface area contributed by atoms with Crippen molar-refractivity contribution in [3.05, 3.63) is 41.4 Å². The van der Waals surface area contributed by atoms with Gasteiger partial charge in [-0.05, 0) is 31.9 Å². The average molecular weight is 380 g/mol. The number of benzene rings is 1. The number of piperidine rings is 1. The van der Waals surface area contributed by atoms with Crippen LogP contribution in [-0.2, 0) is 14.8 Å². The summed E-state index contributed by atoms with van der Waals surface area (Å²) in [5.41, 5.74) is 1.01. The molecule has 8 heteroatoms. The number of carbonyl (C=O) groups is 1. The minimum atomic E-state index is -3.60. The lowest BCUT2D eigenvalue weighted by Crippen LogP contribution is -2.45. The predicted molar refractivity (Wildman–Crippen MR) is 98.1 cm³/mol. The van der Waals surface area contributed by atoms with Gasteiger partial charge in [-0.25, -0.2) is 13.4 Å². The summed E-state index contributed by atoms with van der Waals surface area (Å²) in [6.07, 6.45) is 4.20. The maximum Gasteiger partial charge on any atom is 0.243 e. The van der Waals surface area contributed by atoms with Gasteiger partial charge < -0.3 is 5.32 Å². The van der Waals surface area contributed by atoms with Crippen LogP contribution in [0.25, 0.3) is 0 Å². The number of rotatable bonds is 5. The molecular formula is C17H21N3O3S2. The average Bonchev–Trinajstić information content (AvgIpc) is 3.08. The molecule has 1 aliphatic rings. The molecule has 1 aromatic heterocycles. The van der Waals surface area contributed by atoms with Gasteiger partial charge in [-0.2, -0.15) is 4.31 Å². The van der Waals surface area contributed by atoms with E-state index in [0.717, 1.165) is 18.4 Å². The number of thiazole rings is 1. The minimum absolute atomic E-state index is 0.144. The first-order valence-electron chi connectivity index (χ1n) is 8.24. The predicted octanol–water partition coefficient (Wildman–Crippen LogP) is 3.02. The van der Waals surface area contributed by atoms with E-state index in [2.05, 4.69) is 10.3 Å². The van der Waals surface area contributed by atoms with Crippen LogP contribution in [0.2, 0.25) is 0 Å². The highest BCUT2D eigenvalue weighted by molar-refractivity contribution is 7.89. The third-order valence-corrected chi connectivity index (χ3v) is 6.95. The lowest BCUT2D eigenvalue weighted by molar-refractivity contribution is -0.117. The molecule has 0 unspecified atom stereocenters. The van der Waals surface area contributed by atoms with Gasteiger partial charge in [-0.15, -0.1) is 11.3 Å². The Morgan fingerprint density at radius 1 is 1.32 bits per heavy atom. The second-order valence-corrected chi connectivity index (χ2v) is 8.95. The summed E-state index contributed by atoms with van der Waals surface area (Å²) < 4.78 is 27.5. The third kappa shape index (κ3) is 4.26. The van der Waals surface area contributed by atoms with Crippen molar-refractivity contribution < 1.29 is 13.2 Å². The molecule has 6 nitrogen and oxygen atoms in total. The molecule has 134 valence electrons. The number of nitrogens with zero attached hydrogens (tertiary/aromatic N) is 2. The Morgan fingerprint density at radius 3 is 2.76 bits per heavy atom. The van der Waals surface area contributed by atoms with Gasteiger partial charge in [0.05, 0.1) is 4.90 Å². The molecule has 0 bridgehead atoms. The molecule has 0 aliphatic carbocycles. The quantitative estimate of drug-likeness (QED) is 0.866. The van der Waals surface area contributed by atoms with Crippen LogP contribution in [0, 0.1) is 6.92 Å². The number of hydrogen-bond acceptors (Lipinski definition) is 5. The Kier molecular flexibility index (Phi) is 5.51. The van der Waals surface area contributed by atoms with E-state index in [9.17, 15) is 13.2 Å². The van der Waals surface area contributed by atoms with Crippen LogP contribution in [0.5, 0.6) is 0 Å². The highest BCUT2D eigenvalue weighted by Gasteiger charge is 2.34. The number of carbonyl (C=O) groups excluding carboxylic acids is 1. The van der Waals surface area contributed by atoms with Gasteiger partial charge in [0.1, 0.15) is 0 Å². The lowest BCUT2D eigenvalue weighted by atomic mass is 10.0. The van der Waals surface area contributed by atoms with E-state index in [-0.39, 0.29) is 23.3 Å². The normalized spacial score (nSPS) is 18.8. The van der Waals surface area contributed by atoms with Gasteiger partial charge in [0, 0.05) is 30.6 Å². The second-order valence-electron chi connectivity index (χ2n) is 6.17. The van der Waals surface area contributed by atoms with Gasteiger partial charge in [0.2, 0.25) is 15.9 Å². The molecule has 0 saturated carbocycles. The van der Waals surface area contributed by atoms with E-state index >= 15 is 0 Å². The SMILES string of the molecule is Cc1ccc(S(=O)(=O)N2CCCC[C@H]2CC(=O)Nc2nccs2)cc1. The maximum absolute atomic E-state index is 13.0. The number of aromatic nitrogens is 1.